The Hall–Kier alpha value is -2.02. The molecule has 2 aromatic heterocycles. The van der Waals surface area contributed by atoms with Crippen molar-refractivity contribution in [2.24, 2.45) is 0 Å². The zero-order valence-electron chi connectivity index (χ0n) is 10.8. The molecule has 100 valence electrons. The summed E-state index contributed by atoms with van der Waals surface area (Å²) in [6.45, 7) is 4.67. The summed E-state index contributed by atoms with van der Waals surface area (Å²) < 4.78 is 3.40. The Kier molecular flexibility index (Phi) is 3.12. The quantitative estimate of drug-likeness (QED) is 0.808. The monoisotopic (exact) mass is 260 g/mol. The first-order valence-corrected chi connectivity index (χ1v) is 6.44. The van der Waals surface area contributed by atoms with Crippen molar-refractivity contribution >= 4 is 0 Å². The van der Waals surface area contributed by atoms with Gasteiger partial charge in [0.2, 0.25) is 0 Å². The second kappa shape index (κ2) is 4.93. The topological polar surface area (TPSA) is 77.6 Å². The SMILES string of the molecule is CCn1ncnc1Cn1cnc2c(c1=O)CCNC2. The van der Waals surface area contributed by atoms with Crippen LogP contribution in [0.25, 0.3) is 0 Å². The Labute approximate surface area is 110 Å². The van der Waals surface area contributed by atoms with E-state index in [1.165, 1.54) is 6.33 Å². The lowest BCUT2D eigenvalue weighted by molar-refractivity contribution is 0.562. The molecule has 7 nitrogen and oxygen atoms in total. The highest BCUT2D eigenvalue weighted by Crippen LogP contribution is 2.06. The Morgan fingerprint density at radius 2 is 2.32 bits per heavy atom. The lowest BCUT2D eigenvalue weighted by atomic mass is 10.1. The van der Waals surface area contributed by atoms with E-state index in [2.05, 4.69) is 20.4 Å². The molecule has 0 amide bonds. The second-order valence-electron chi connectivity index (χ2n) is 4.52. The molecule has 19 heavy (non-hydrogen) atoms. The fourth-order valence-electron chi connectivity index (χ4n) is 2.33. The van der Waals surface area contributed by atoms with E-state index in [0.717, 1.165) is 36.6 Å². The summed E-state index contributed by atoms with van der Waals surface area (Å²) >= 11 is 0. The number of hydrogen-bond donors (Lipinski definition) is 1. The summed E-state index contributed by atoms with van der Waals surface area (Å²) in [6, 6.07) is 0. The average molecular weight is 260 g/mol. The molecule has 0 saturated carbocycles. The third-order valence-corrected chi connectivity index (χ3v) is 3.37. The van der Waals surface area contributed by atoms with Gasteiger partial charge >= 0.3 is 0 Å². The Morgan fingerprint density at radius 1 is 1.42 bits per heavy atom. The van der Waals surface area contributed by atoms with Crippen molar-refractivity contribution in [3.05, 3.63) is 40.1 Å². The van der Waals surface area contributed by atoms with Gasteiger partial charge in [0.05, 0.1) is 18.6 Å². The highest BCUT2D eigenvalue weighted by molar-refractivity contribution is 5.19. The van der Waals surface area contributed by atoms with Gasteiger partial charge in [0.25, 0.3) is 5.56 Å². The molecule has 0 radical (unpaired) electrons. The molecule has 3 rings (SSSR count). The molecule has 0 fully saturated rings. The number of fused-ring (bicyclic) bond motifs is 1. The lowest BCUT2D eigenvalue weighted by Gasteiger charge is -2.16. The van der Waals surface area contributed by atoms with Crippen LogP contribution in [0.1, 0.15) is 24.0 Å². The van der Waals surface area contributed by atoms with Gasteiger partial charge in [-0.3, -0.25) is 9.36 Å². The van der Waals surface area contributed by atoms with Gasteiger partial charge in [0.1, 0.15) is 12.2 Å². The Morgan fingerprint density at radius 3 is 3.16 bits per heavy atom. The van der Waals surface area contributed by atoms with Crippen molar-refractivity contribution in [1.29, 1.82) is 0 Å². The maximum absolute atomic E-state index is 12.4. The van der Waals surface area contributed by atoms with Crippen molar-refractivity contribution in [3.63, 3.8) is 0 Å². The number of nitrogens with zero attached hydrogens (tertiary/aromatic N) is 5. The smallest absolute Gasteiger partial charge is 0.257 e. The fraction of sp³-hybridized carbons (Fsp3) is 0.500. The van der Waals surface area contributed by atoms with E-state index in [-0.39, 0.29) is 5.56 Å². The minimum Gasteiger partial charge on any atom is -0.311 e. The minimum absolute atomic E-state index is 0.0390. The van der Waals surface area contributed by atoms with E-state index in [4.69, 9.17) is 0 Å². The zero-order chi connectivity index (χ0) is 13.2. The molecule has 0 aromatic carbocycles. The van der Waals surface area contributed by atoms with Crippen LogP contribution in [0.3, 0.4) is 0 Å². The molecule has 0 saturated heterocycles. The lowest BCUT2D eigenvalue weighted by Crippen LogP contribution is -2.34. The normalized spacial score (nSPS) is 14.4. The van der Waals surface area contributed by atoms with E-state index in [1.54, 1.807) is 15.6 Å². The van der Waals surface area contributed by atoms with Gasteiger partial charge in [-0.05, 0) is 19.9 Å². The second-order valence-corrected chi connectivity index (χ2v) is 4.52. The Bertz CT molecular complexity index is 644. The zero-order valence-corrected chi connectivity index (χ0v) is 10.8. The first-order chi connectivity index (χ1) is 9.29. The van der Waals surface area contributed by atoms with Crippen LogP contribution in [-0.2, 0) is 26.1 Å². The van der Waals surface area contributed by atoms with Crippen LogP contribution >= 0.6 is 0 Å². The van der Waals surface area contributed by atoms with Crippen molar-refractivity contribution < 1.29 is 0 Å². The van der Waals surface area contributed by atoms with Crippen LogP contribution in [0.4, 0.5) is 0 Å². The van der Waals surface area contributed by atoms with Crippen LogP contribution in [0, 0.1) is 0 Å². The van der Waals surface area contributed by atoms with E-state index in [9.17, 15) is 4.79 Å². The fourth-order valence-corrected chi connectivity index (χ4v) is 2.33. The van der Waals surface area contributed by atoms with E-state index < -0.39 is 0 Å². The standard InChI is InChI=1S/C12H16N6O/c1-2-18-11(14-7-16-18)6-17-8-15-10-5-13-4-3-9(10)12(17)19/h7-8,13H,2-6H2,1H3. The number of nitrogens with one attached hydrogen (secondary N) is 1. The van der Waals surface area contributed by atoms with Crippen molar-refractivity contribution in [3.8, 4) is 0 Å². The molecule has 0 aliphatic carbocycles. The summed E-state index contributed by atoms with van der Waals surface area (Å²) in [6.07, 6.45) is 3.85. The molecule has 1 aliphatic rings. The highest BCUT2D eigenvalue weighted by Gasteiger charge is 2.16. The van der Waals surface area contributed by atoms with Gasteiger partial charge < -0.3 is 5.32 Å². The molecule has 0 spiro atoms. The van der Waals surface area contributed by atoms with Crippen LogP contribution in [0.5, 0.6) is 0 Å². The van der Waals surface area contributed by atoms with Crippen molar-refractivity contribution in [1.82, 2.24) is 29.6 Å². The van der Waals surface area contributed by atoms with Gasteiger partial charge in [-0.2, -0.15) is 5.10 Å². The summed E-state index contributed by atoms with van der Waals surface area (Å²) in [4.78, 5) is 20.9. The van der Waals surface area contributed by atoms with Crippen LogP contribution < -0.4 is 10.9 Å². The summed E-state index contributed by atoms with van der Waals surface area (Å²) in [7, 11) is 0. The molecule has 0 bridgehead atoms. The number of aromatic nitrogens is 5. The number of aryl methyl sites for hydroxylation is 1. The van der Waals surface area contributed by atoms with Gasteiger partial charge in [-0.25, -0.2) is 14.6 Å². The molecule has 1 aliphatic heterocycles. The molecule has 0 unspecified atom stereocenters. The number of hydrogen-bond acceptors (Lipinski definition) is 5. The molecule has 0 atom stereocenters. The highest BCUT2D eigenvalue weighted by atomic mass is 16.1. The van der Waals surface area contributed by atoms with E-state index in [0.29, 0.717) is 13.1 Å². The first kappa shape index (κ1) is 12.0. The molecule has 1 N–H and O–H groups in total. The maximum atomic E-state index is 12.4. The Balaban J connectivity index is 1.96. The maximum Gasteiger partial charge on any atom is 0.257 e. The van der Waals surface area contributed by atoms with Crippen molar-refractivity contribution in [2.45, 2.75) is 33.0 Å². The first-order valence-electron chi connectivity index (χ1n) is 6.44. The van der Waals surface area contributed by atoms with Crippen LogP contribution in [0.2, 0.25) is 0 Å². The predicted molar refractivity (Wildman–Crippen MR) is 68.7 cm³/mol. The van der Waals surface area contributed by atoms with E-state index >= 15 is 0 Å². The van der Waals surface area contributed by atoms with Gasteiger partial charge in [0, 0.05) is 18.7 Å². The molecular formula is C12H16N6O. The molecule has 3 heterocycles. The van der Waals surface area contributed by atoms with Gasteiger partial charge in [0.15, 0.2) is 0 Å². The van der Waals surface area contributed by atoms with E-state index in [1.807, 2.05) is 6.92 Å². The molecule has 2 aromatic rings. The summed E-state index contributed by atoms with van der Waals surface area (Å²) in [5, 5.41) is 7.32. The largest absolute Gasteiger partial charge is 0.311 e. The van der Waals surface area contributed by atoms with Crippen molar-refractivity contribution in [2.75, 3.05) is 6.54 Å². The predicted octanol–water partition coefficient (Wildman–Crippen LogP) is -0.451. The van der Waals surface area contributed by atoms with Crippen LogP contribution in [-0.4, -0.2) is 30.9 Å². The van der Waals surface area contributed by atoms with Gasteiger partial charge in [-0.15, -0.1) is 0 Å². The molecular weight excluding hydrogens is 244 g/mol. The molecule has 7 heteroatoms. The van der Waals surface area contributed by atoms with Crippen LogP contribution in [0.15, 0.2) is 17.4 Å². The summed E-state index contributed by atoms with van der Waals surface area (Å²) in [5.41, 5.74) is 1.73. The third-order valence-electron chi connectivity index (χ3n) is 3.37. The minimum atomic E-state index is 0.0390. The summed E-state index contributed by atoms with van der Waals surface area (Å²) in [5.74, 6) is 0.778. The number of rotatable bonds is 3. The van der Waals surface area contributed by atoms with Gasteiger partial charge in [-0.1, -0.05) is 0 Å². The third kappa shape index (κ3) is 2.17. The average Bonchev–Trinajstić information content (AvgIpc) is 2.89.